The molecule has 21 heavy (non-hydrogen) atoms. The summed E-state index contributed by atoms with van der Waals surface area (Å²) in [7, 11) is 0. The van der Waals surface area contributed by atoms with Crippen LogP contribution >= 0.6 is 0 Å². The molecule has 3 heteroatoms. The zero-order valence-corrected chi connectivity index (χ0v) is 14.6. The minimum Gasteiger partial charge on any atom is -0.381 e. The highest BCUT2D eigenvalue weighted by atomic mass is 16.5. The van der Waals surface area contributed by atoms with Crippen molar-refractivity contribution in [1.82, 2.24) is 10.2 Å². The highest BCUT2D eigenvalue weighted by Gasteiger charge is 2.29. The molecule has 0 aromatic carbocycles. The smallest absolute Gasteiger partial charge is 0.0494 e. The fourth-order valence-electron chi connectivity index (χ4n) is 3.45. The molecule has 1 saturated heterocycles. The third-order valence-corrected chi connectivity index (χ3v) is 4.85. The van der Waals surface area contributed by atoms with Crippen LogP contribution in [-0.2, 0) is 4.74 Å². The van der Waals surface area contributed by atoms with Crippen LogP contribution in [0.5, 0.6) is 0 Å². The molecule has 0 radical (unpaired) electrons. The molecule has 0 bridgehead atoms. The van der Waals surface area contributed by atoms with Gasteiger partial charge in [-0.15, -0.1) is 0 Å². The van der Waals surface area contributed by atoms with E-state index in [-0.39, 0.29) is 0 Å². The molecular weight excluding hydrogens is 260 g/mol. The van der Waals surface area contributed by atoms with Crippen molar-refractivity contribution in [3.05, 3.63) is 0 Å². The van der Waals surface area contributed by atoms with Gasteiger partial charge in [-0.3, -0.25) is 4.90 Å². The van der Waals surface area contributed by atoms with E-state index in [9.17, 15) is 0 Å². The molecule has 0 aromatic rings. The monoisotopic (exact) mass is 296 g/mol. The molecule has 1 saturated carbocycles. The van der Waals surface area contributed by atoms with Crippen LogP contribution < -0.4 is 5.32 Å². The molecule has 124 valence electrons. The van der Waals surface area contributed by atoms with E-state index in [4.69, 9.17) is 4.74 Å². The van der Waals surface area contributed by atoms with E-state index in [0.717, 1.165) is 37.5 Å². The molecule has 0 aromatic heterocycles. The quantitative estimate of drug-likeness (QED) is 0.662. The molecule has 0 amide bonds. The van der Waals surface area contributed by atoms with Gasteiger partial charge in [-0.1, -0.05) is 27.7 Å². The normalized spacial score (nSPS) is 27.7. The summed E-state index contributed by atoms with van der Waals surface area (Å²) < 4.78 is 5.79. The lowest BCUT2D eigenvalue weighted by molar-refractivity contribution is 0.0690. The van der Waals surface area contributed by atoms with Crippen LogP contribution in [0.25, 0.3) is 0 Å². The summed E-state index contributed by atoms with van der Waals surface area (Å²) in [6, 6.07) is 1.37. The van der Waals surface area contributed by atoms with Gasteiger partial charge in [0.15, 0.2) is 0 Å². The van der Waals surface area contributed by atoms with Gasteiger partial charge in [0.25, 0.3) is 0 Å². The lowest BCUT2D eigenvalue weighted by atomic mass is 9.95. The maximum Gasteiger partial charge on any atom is 0.0494 e. The summed E-state index contributed by atoms with van der Waals surface area (Å²) in [5.41, 5.74) is 0. The van der Waals surface area contributed by atoms with Crippen molar-refractivity contribution in [2.75, 3.05) is 32.8 Å². The van der Waals surface area contributed by atoms with Crippen molar-refractivity contribution < 1.29 is 4.74 Å². The lowest BCUT2D eigenvalue weighted by Crippen LogP contribution is -2.58. The van der Waals surface area contributed by atoms with Crippen LogP contribution in [0.1, 0.15) is 53.4 Å². The standard InChI is InChI=1S/C18H36N2O/c1-14(2)10-17-12-20(18(11-19-17)15(3)4)8-5-9-21-13-16-6-7-16/h14-19H,5-13H2,1-4H3. The molecule has 1 N–H and O–H groups in total. The second kappa shape index (κ2) is 8.50. The summed E-state index contributed by atoms with van der Waals surface area (Å²) >= 11 is 0. The number of rotatable bonds is 9. The van der Waals surface area contributed by atoms with Gasteiger partial charge in [-0.25, -0.2) is 0 Å². The van der Waals surface area contributed by atoms with E-state index in [1.807, 2.05) is 0 Å². The minimum atomic E-state index is 0.674. The Hall–Kier alpha value is -0.120. The minimum absolute atomic E-state index is 0.674. The van der Waals surface area contributed by atoms with Crippen LogP contribution in [0.2, 0.25) is 0 Å². The van der Waals surface area contributed by atoms with Gasteiger partial charge in [0, 0.05) is 44.9 Å². The molecule has 1 aliphatic carbocycles. The first-order valence-corrected chi connectivity index (χ1v) is 9.11. The van der Waals surface area contributed by atoms with Crippen LogP contribution in [0.3, 0.4) is 0 Å². The van der Waals surface area contributed by atoms with Crippen LogP contribution in [0, 0.1) is 17.8 Å². The maximum absolute atomic E-state index is 5.79. The van der Waals surface area contributed by atoms with Crippen molar-refractivity contribution in [2.45, 2.75) is 65.5 Å². The maximum atomic E-state index is 5.79. The van der Waals surface area contributed by atoms with Gasteiger partial charge in [-0.2, -0.15) is 0 Å². The highest BCUT2D eigenvalue weighted by Crippen LogP contribution is 2.28. The average molecular weight is 296 g/mol. The molecule has 2 fully saturated rings. The molecule has 2 atom stereocenters. The predicted molar refractivity (Wildman–Crippen MR) is 89.6 cm³/mol. The van der Waals surface area contributed by atoms with Gasteiger partial charge in [-0.05, 0) is 43.4 Å². The van der Waals surface area contributed by atoms with E-state index in [1.165, 1.54) is 38.8 Å². The third-order valence-electron chi connectivity index (χ3n) is 4.85. The van der Waals surface area contributed by atoms with E-state index < -0.39 is 0 Å². The number of piperazine rings is 1. The Balaban J connectivity index is 1.70. The van der Waals surface area contributed by atoms with E-state index in [0.29, 0.717) is 12.1 Å². The third kappa shape index (κ3) is 6.25. The molecule has 2 aliphatic rings. The predicted octanol–water partition coefficient (Wildman–Crippen LogP) is 3.15. The van der Waals surface area contributed by atoms with E-state index >= 15 is 0 Å². The fraction of sp³-hybridized carbons (Fsp3) is 1.00. The van der Waals surface area contributed by atoms with Crippen LogP contribution in [-0.4, -0.2) is 49.8 Å². The first-order valence-electron chi connectivity index (χ1n) is 9.11. The zero-order valence-electron chi connectivity index (χ0n) is 14.6. The molecule has 0 spiro atoms. The zero-order chi connectivity index (χ0) is 15.2. The van der Waals surface area contributed by atoms with Crippen molar-refractivity contribution in [1.29, 1.82) is 0 Å². The lowest BCUT2D eigenvalue weighted by Gasteiger charge is -2.43. The first kappa shape index (κ1) is 17.2. The second-order valence-corrected chi connectivity index (χ2v) is 7.91. The summed E-state index contributed by atoms with van der Waals surface area (Å²) in [5.74, 6) is 2.40. The Morgan fingerprint density at radius 1 is 1.19 bits per heavy atom. The number of hydrogen-bond acceptors (Lipinski definition) is 3. The molecule has 1 aliphatic heterocycles. The number of nitrogens with one attached hydrogen (secondary N) is 1. The van der Waals surface area contributed by atoms with E-state index in [2.05, 4.69) is 37.9 Å². The molecule has 3 nitrogen and oxygen atoms in total. The average Bonchev–Trinajstić information content (AvgIpc) is 3.21. The second-order valence-electron chi connectivity index (χ2n) is 7.91. The highest BCUT2D eigenvalue weighted by molar-refractivity contribution is 4.88. The van der Waals surface area contributed by atoms with Crippen molar-refractivity contribution in [3.8, 4) is 0 Å². The van der Waals surface area contributed by atoms with Crippen LogP contribution in [0.4, 0.5) is 0 Å². The first-order chi connectivity index (χ1) is 10.1. The van der Waals surface area contributed by atoms with Crippen molar-refractivity contribution in [3.63, 3.8) is 0 Å². The van der Waals surface area contributed by atoms with E-state index in [1.54, 1.807) is 0 Å². The van der Waals surface area contributed by atoms with Gasteiger partial charge in [0.1, 0.15) is 0 Å². The molecule has 1 heterocycles. The molecule has 2 rings (SSSR count). The largest absolute Gasteiger partial charge is 0.381 e. The Morgan fingerprint density at radius 2 is 1.95 bits per heavy atom. The fourth-order valence-corrected chi connectivity index (χ4v) is 3.45. The van der Waals surface area contributed by atoms with Crippen molar-refractivity contribution >= 4 is 0 Å². The number of ether oxygens (including phenoxy) is 1. The Morgan fingerprint density at radius 3 is 2.57 bits per heavy atom. The van der Waals surface area contributed by atoms with Crippen molar-refractivity contribution in [2.24, 2.45) is 17.8 Å². The Kier molecular flexibility index (Phi) is 6.97. The van der Waals surface area contributed by atoms with Gasteiger partial charge in [0.2, 0.25) is 0 Å². The summed E-state index contributed by atoms with van der Waals surface area (Å²) in [5, 5.41) is 3.76. The topological polar surface area (TPSA) is 24.5 Å². The van der Waals surface area contributed by atoms with Gasteiger partial charge in [0.05, 0.1) is 0 Å². The van der Waals surface area contributed by atoms with Gasteiger partial charge < -0.3 is 10.1 Å². The molecular formula is C18H36N2O. The Bertz CT molecular complexity index is 289. The van der Waals surface area contributed by atoms with Gasteiger partial charge >= 0.3 is 0 Å². The van der Waals surface area contributed by atoms with Crippen LogP contribution in [0.15, 0.2) is 0 Å². The number of hydrogen-bond donors (Lipinski definition) is 1. The number of nitrogens with zero attached hydrogens (tertiary/aromatic N) is 1. The SMILES string of the molecule is CC(C)CC1CN(CCCOCC2CC2)C(C(C)C)CN1. The summed E-state index contributed by atoms with van der Waals surface area (Å²) in [6.45, 7) is 14.9. The summed E-state index contributed by atoms with van der Waals surface area (Å²) in [6.07, 6.45) is 5.26. The summed E-state index contributed by atoms with van der Waals surface area (Å²) in [4.78, 5) is 2.72. The molecule has 2 unspecified atom stereocenters. The Labute approximate surface area is 131 Å².